The van der Waals surface area contributed by atoms with Gasteiger partial charge in [-0.1, -0.05) is 346 Å². The quantitative estimate of drug-likeness (QED) is 0.0199. The standard InChI is InChI=1S/C84H159NO18/c1-3-5-7-9-11-13-15-17-19-21-23-25-27-29-30-31-32-33-34-35-36-38-39-41-43-45-47-49-51-53-55-57-59-61-68(89)67(85-72(90)62-60-58-56-54-52-50-48-46-44-42-40-37-28-26-24-22-20-18-16-14-12-10-8-6-4-2)66-98-82-78(96)75(93)80(70(64-87)100-82)103-84-79(97)76(94)81(71(65-88)101-84)102-83-77(95)74(92)73(91)69(63-86)99-83/h22,24,59,61,67-71,73-84,86-89,91-97H,3-21,23,25-58,60,62-66H2,1-2H3,(H,85,90)/b24-22-,61-59+. The summed E-state index contributed by atoms with van der Waals surface area (Å²) in [6.45, 7) is 1.80. The number of amides is 1. The van der Waals surface area contributed by atoms with Crippen molar-refractivity contribution in [3.05, 3.63) is 24.3 Å². The molecule has 19 heteroatoms. The molecule has 0 aromatic rings. The molecule has 17 atom stereocenters. The van der Waals surface area contributed by atoms with Crippen molar-refractivity contribution in [2.45, 2.75) is 478 Å². The lowest BCUT2D eigenvalue weighted by molar-refractivity contribution is -0.379. The molecular weight excluding hydrogens is 1310 g/mol. The van der Waals surface area contributed by atoms with E-state index in [2.05, 4.69) is 31.3 Å². The molecule has 0 aromatic carbocycles. The summed E-state index contributed by atoms with van der Waals surface area (Å²) in [5, 5.41) is 121. The fourth-order valence-electron chi connectivity index (χ4n) is 14.8. The maximum atomic E-state index is 13.5. The van der Waals surface area contributed by atoms with E-state index in [4.69, 9.17) is 28.4 Å². The molecule has 3 aliphatic rings. The largest absolute Gasteiger partial charge is 0.394 e. The van der Waals surface area contributed by atoms with Gasteiger partial charge >= 0.3 is 0 Å². The summed E-state index contributed by atoms with van der Waals surface area (Å²) < 4.78 is 34.5. The average molecular weight is 1470 g/mol. The minimum atomic E-state index is -1.98. The molecule has 608 valence electrons. The number of nitrogens with one attached hydrogen (secondary N) is 1. The number of aliphatic hydroxyl groups excluding tert-OH is 11. The molecule has 3 rings (SSSR count). The summed E-state index contributed by atoms with van der Waals surface area (Å²) in [7, 11) is 0. The van der Waals surface area contributed by atoms with Crippen molar-refractivity contribution < 1.29 is 89.4 Å². The summed E-state index contributed by atoms with van der Waals surface area (Å²) in [5.41, 5.74) is 0. The lowest BCUT2D eigenvalue weighted by atomic mass is 9.96. The van der Waals surface area contributed by atoms with Crippen LogP contribution in [0.5, 0.6) is 0 Å². The van der Waals surface area contributed by atoms with Crippen LogP contribution in [0.25, 0.3) is 0 Å². The first kappa shape index (κ1) is 95.5. The molecule has 12 N–H and O–H groups in total. The van der Waals surface area contributed by atoms with Gasteiger partial charge in [-0.15, -0.1) is 0 Å². The van der Waals surface area contributed by atoms with Gasteiger partial charge in [-0.3, -0.25) is 4.79 Å². The Hall–Kier alpha value is -1.73. The summed E-state index contributed by atoms with van der Waals surface area (Å²) in [5.74, 6) is -0.269. The van der Waals surface area contributed by atoms with Crippen LogP contribution in [-0.4, -0.2) is 193 Å². The Morgan fingerprint density at radius 2 is 0.612 bits per heavy atom. The molecule has 17 unspecified atom stereocenters. The monoisotopic (exact) mass is 1470 g/mol. The van der Waals surface area contributed by atoms with Gasteiger partial charge in [-0.2, -0.15) is 0 Å². The van der Waals surface area contributed by atoms with Gasteiger partial charge in [0.05, 0.1) is 38.6 Å². The van der Waals surface area contributed by atoms with Gasteiger partial charge in [-0.05, 0) is 44.9 Å². The maximum absolute atomic E-state index is 13.5. The molecule has 3 saturated heterocycles. The minimum Gasteiger partial charge on any atom is -0.394 e. The molecule has 3 heterocycles. The summed E-state index contributed by atoms with van der Waals surface area (Å²) >= 11 is 0. The highest BCUT2D eigenvalue weighted by atomic mass is 16.8. The number of rotatable bonds is 70. The molecule has 0 aromatic heterocycles. The van der Waals surface area contributed by atoms with Crippen molar-refractivity contribution >= 4 is 5.91 Å². The predicted molar refractivity (Wildman–Crippen MR) is 411 cm³/mol. The zero-order valence-corrected chi connectivity index (χ0v) is 65.3. The van der Waals surface area contributed by atoms with E-state index in [1.807, 2.05) is 6.08 Å². The van der Waals surface area contributed by atoms with Crippen molar-refractivity contribution in [2.24, 2.45) is 0 Å². The van der Waals surface area contributed by atoms with Crippen molar-refractivity contribution in [2.75, 3.05) is 26.4 Å². The Morgan fingerprint density at radius 1 is 0.340 bits per heavy atom. The first-order chi connectivity index (χ1) is 50.3. The molecule has 3 aliphatic heterocycles. The van der Waals surface area contributed by atoms with Crippen molar-refractivity contribution in [3.63, 3.8) is 0 Å². The van der Waals surface area contributed by atoms with Gasteiger partial charge in [0.1, 0.15) is 73.2 Å². The third-order valence-electron chi connectivity index (χ3n) is 21.7. The zero-order chi connectivity index (χ0) is 74.6. The average Bonchev–Trinajstić information content (AvgIpc) is 0.781. The van der Waals surface area contributed by atoms with Crippen LogP contribution in [0.2, 0.25) is 0 Å². The van der Waals surface area contributed by atoms with Crippen LogP contribution in [0.1, 0.15) is 373 Å². The first-order valence-electron chi connectivity index (χ1n) is 43.1. The van der Waals surface area contributed by atoms with Gasteiger partial charge in [0.15, 0.2) is 18.9 Å². The number of hydrogen-bond acceptors (Lipinski definition) is 18. The highest BCUT2D eigenvalue weighted by Gasteiger charge is 2.54. The fourth-order valence-corrected chi connectivity index (χ4v) is 14.8. The molecular formula is C84H159NO18. The zero-order valence-electron chi connectivity index (χ0n) is 65.3. The second-order valence-corrected chi connectivity index (χ2v) is 31.0. The van der Waals surface area contributed by atoms with E-state index in [1.54, 1.807) is 6.08 Å². The molecule has 0 bridgehead atoms. The Balaban J connectivity index is 1.35. The minimum absolute atomic E-state index is 0.247. The van der Waals surface area contributed by atoms with Crippen LogP contribution in [0.15, 0.2) is 24.3 Å². The van der Waals surface area contributed by atoms with E-state index in [-0.39, 0.29) is 18.9 Å². The Kier molecular flexibility index (Phi) is 60.3. The number of carbonyl (C=O) groups excluding carboxylic acids is 1. The third kappa shape index (κ3) is 44.6. The molecule has 0 saturated carbocycles. The topological polar surface area (TPSA) is 307 Å². The Labute approximate surface area is 626 Å². The maximum Gasteiger partial charge on any atom is 0.220 e. The third-order valence-corrected chi connectivity index (χ3v) is 21.7. The predicted octanol–water partition coefficient (Wildman–Crippen LogP) is 15.3. The highest BCUT2D eigenvalue weighted by Crippen LogP contribution is 2.33. The number of allylic oxidation sites excluding steroid dienone is 3. The van der Waals surface area contributed by atoms with E-state index in [1.165, 1.54) is 302 Å². The Bertz CT molecular complexity index is 1950. The van der Waals surface area contributed by atoms with Crippen LogP contribution < -0.4 is 5.32 Å². The fraction of sp³-hybridized carbons (Fsp3) is 0.940. The molecule has 0 radical (unpaired) electrons. The second-order valence-electron chi connectivity index (χ2n) is 31.0. The molecule has 3 fully saturated rings. The van der Waals surface area contributed by atoms with Gasteiger partial charge in [-0.25, -0.2) is 0 Å². The van der Waals surface area contributed by atoms with Crippen LogP contribution >= 0.6 is 0 Å². The smallest absolute Gasteiger partial charge is 0.220 e. The number of carbonyl (C=O) groups is 1. The molecule has 103 heavy (non-hydrogen) atoms. The highest BCUT2D eigenvalue weighted by molar-refractivity contribution is 5.76. The SMILES string of the molecule is CCCCCCCCCC/C=C\CCCCCCCCCCCCCCCC(=O)NC(COC1OC(CO)C(OC2OC(CO)C(OC3OC(CO)C(O)C(O)C3O)C(O)C2O)C(O)C1O)C(O)/C=C/CCCCCCCCCCCCCCCCCCCCCCCCCCCCCCCCC. The summed E-state index contributed by atoms with van der Waals surface area (Å²) in [4.78, 5) is 13.5. The molecule has 0 spiro atoms. The van der Waals surface area contributed by atoms with E-state index in [0.717, 1.165) is 44.9 Å². The molecule has 19 nitrogen and oxygen atoms in total. The van der Waals surface area contributed by atoms with E-state index in [9.17, 15) is 61.0 Å². The van der Waals surface area contributed by atoms with Crippen LogP contribution in [0.3, 0.4) is 0 Å². The first-order valence-corrected chi connectivity index (χ1v) is 43.1. The number of hydrogen-bond donors (Lipinski definition) is 12. The van der Waals surface area contributed by atoms with Gasteiger partial charge in [0.2, 0.25) is 5.91 Å². The van der Waals surface area contributed by atoms with E-state index in [0.29, 0.717) is 6.42 Å². The van der Waals surface area contributed by atoms with Gasteiger partial charge < -0.3 is 89.9 Å². The van der Waals surface area contributed by atoms with E-state index >= 15 is 0 Å². The second kappa shape index (κ2) is 65.0. The van der Waals surface area contributed by atoms with Crippen LogP contribution in [0.4, 0.5) is 0 Å². The van der Waals surface area contributed by atoms with Gasteiger partial charge in [0, 0.05) is 6.42 Å². The lowest BCUT2D eigenvalue weighted by Gasteiger charge is -2.48. The van der Waals surface area contributed by atoms with Crippen LogP contribution in [0, 0.1) is 0 Å². The Morgan fingerprint density at radius 3 is 0.942 bits per heavy atom. The number of aliphatic hydroxyl groups is 11. The van der Waals surface area contributed by atoms with E-state index < -0.39 is 124 Å². The number of unbranched alkanes of at least 4 members (excludes halogenated alkanes) is 52. The van der Waals surface area contributed by atoms with Crippen LogP contribution in [-0.2, 0) is 33.2 Å². The lowest BCUT2D eigenvalue weighted by Crippen LogP contribution is -2.66. The normalized spacial score (nSPS) is 26.1. The van der Waals surface area contributed by atoms with Crippen molar-refractivity contribution in [3.8, 4) is 0 Å². The van der Waals surface area contributed by atoms with Crippen molar-refractivity contribution in [1.29, 1.82) is 0 Å². The molecule has 0 aliphatic carbocycles. The van der Waals surface area contributed by atoms with Gasteiger partial charge in [0.25, 0.3) is 0 Å². The summed E-state index contributed by atoms with van der Waals surface area (Å²) in [6, 6.07) is -0.973. The number of ether oxygens (including phenoxy) is 6. The van der Waals surface area contributed by atoms with Crippen molar-refractivity contribution in [1.82, 2.24) is 5.32 Å². The molecule has 1 amide bonds. The summed E-state index contributed by atoms with van der Waals surface area (Å²) in [6.07, 6.45) is 53.2.